The quantitative estimate of drug-likeness (QED) is 0.902. The topological polar surface area (TPSA) is 62.5 Å². The van der Waals surface area contributed by atoms with Crippen LogP contribution in [0.2, 0.25) is 0 Å². The fraction of sp³-hybridized carbons (Fsp3) is 0.350. The van der Waals surface area contributed by atoms with Gasteiger partial charge in [-0.1, -0.05) is 24.3 Å². The first kappa shape index (κ1) is 15.2. The molecule has 4 nitrogen and oxygen atoms in total. The molecule has 2 aliphatic rings. The molecule has 2 N–H and O–H groups in total. The first-order valence-electron chi connectivity index (χ1n) is 8.41. The van der Waals surface area contributed by atoms with E-state index in [2.05, 4.69) is 4.57 Å². The number of aromatic nitrogens is 1. The van der Waals surface area contributed by atoms with Crippen molar-refractivity contribution < 1.29 is 15.0 Å². The van der Waals surface area contributed by atoms with Gasteiger partial charge in [-0.15, -0.1) is 0 Å². The van der Waals surface area contributed by atoms with E-state index < -0.39 is 12.1 Å². The summed E-state index contributed by atoms with van der Waals surface area (Å²) in [5.74, 6) is -0.244. The Labute approximate surface area is 141 Å². The van der Waals surface area contributed by atoms with Gasteiger partial charge in [-0.05, 0) is 55.4 Å². The molecule has 24 heavy (non-hydrogen) atoms. The van der Waals surface area contributed by atoms with Crippen molar-refractivity contribution in [3.05, 3.63) is 64.0 Å². The number of aliphatic hydroxyl groups is 1. The van der Waals surface area contributed by atoms with Gasteiger partial charge in [0.2, 0.25) is 0 Å². The minimum atomic E-state index is -0.881. The van der Waals surface area contributed by atoms with Crippen LogP contribution in [0.5, 0.6) is 0 Å². The normalized spacial score (nSPS) is 19.3. The molecule has 4 rings (SSSR count). The number of carboxylic acid groups (broad SMARTS) is 1. The predicted molar refractivity (Wildman–Crippen MR) is 92.1 cm³/mol. The number of benzene rings is 1. The number of hydrogen-bond acceptors (Lipinski definition) is 2. The Kier molecular flexibility index (Phi) is 3.39. The number of rotatable bonds is 4. The van der Waals surface area contributed by atoms with E-state index in [0.717, 1.165) is 40.2 Å². The average molecular weight is 323 g/mol. The lowest BCUT2D eigenvalue weighted by Crippen LogP contribution is -2.07. The molecule has 124 valence electrons. The molecule has 1 fully saturated rings. The summed E-state index contributed by atoms with van der Waals surface area (Å²) in [6.45, 7) is 4.62. The molecule has 0 aliphatic heterocycles. The molecular weight excluding hydrogens is 302 g/mol. The van der Waals surface area contributed by atoms with Crippen molar-refractivity contribution in [2.75, 3.05) is 0 Å². The van der Waals surface area contributed by atoms with Crippen LogP contribution < -0.4 is 0 Å². The molecule has 0 radical (unpaired) electrons. The van der Waals surface area contributed by atoms with Gasteiger partial charge in [0, 0.05) is 17.8 Å². The summed E-state index contributed by atoms with van der Waals surface area (Å²) in [6.07, 6.45) is 3.63. The van der Waals surface area contributed by atoms with Crippen molar-refractivity contribution in [1.82, 2.24) is 4.57 Å². The third-order valence-electron chi connectivity index (χ3n) is 5.27. The van der Waals surface area contributed by atoms with Gasteiger partial charge in [-0.3, -0.25) is 0 Å². The van der Waals surface area contributed by atoms with E-state index in [-0.39, 0.29) is 0 Å². The average Bonchev–Trinajstić information content (AvgIpc) is 3.25. The Morgan fingerprint density at radius 1 is 1.25 bits per heavy atom. The largest absolute Gasteiger partial charge is 0.478 e. The van der Waals surface area contributed by atoms with Crippen molar-refractivity contribution in [3.8, 4) is 0 Å². The highest BCUT2D eigenvalue weighted by Gasteiger charge is 2.32. The summed E-state index contributed by atoms with van der Waals surface area (Å²) in [7, 11) is 0. The molecular formula is C20H21NO3. The Hall–Kier alpha value is -2.33. The second-order valence-electron chi connectivity index (χ2n) is 6.91. The first-order valence-corrected chi connectivity index (χ1v) is 8.41. The highest BCUT2D eigenvalue weighted by molar-refractivity contribution is 5.95. The summed E-state index contributed by atoms with van der Waals surface area (Å²) >= 11 is 0. The number of carboxylic acids is 1. The maximum atomic E-state index is 11.8. The molecule has 0 spiro atoms. The standard InChI is InChI=1S/C20H21NO3/c1-11-18(20(23)24)12(2)21(10-13-7-8-13)19(11)16-9-17(22)15-6-4-3-5-14(15)16/h3-6,9,13,17,22H,7-8,10H2,1-2H3,(H,23,24). The Morgan fingerprint density at radius 3 is 2.62 bits per heavy atom. The van der Waals surface area contributed by atoms with Gasteiger partial charge in [0.1, 0.15) is 0 Å². The molecule has 1 heterocycles. The predicted octanol–water partition coefficient (Wildman–Crippen LogP) is 3.69. The summed E-state index contributed by atoms with van der Waals surface area (Å²) in [5.41, 5.74) is 5.77. The lowest BCUT2D eigenvalue weighted by atomic mass is 9.99. The van der Waals surface area contributed by atoms with Crippen molar-refractivity contribution in [3.63, 3.8) is 0 Å². The van der Waals surface area contributed by atoms with Gasteiger partial charge in [0.05, 0.1) is 17.4 Å². The maximum absolute atomic E-state index is 11.8. The van der Waals surface area contributed by atoms with Gasteiger partial charge >= 0.3 is 5.97 Å². The van der Waals surface area contributed by atoms with Gasteiger partial charge in [-0.25, -0.2) is 4.79 Å². The minimum absolute atomic E-state index is 0.394. The second-order valence-corrected chi connectivity index (χ2v) is 6.91. The monoisotopic (exact) mass is 323 g/mol. The summed E-state index contributed by atoms with van der Waals surface area (Å²) < 4.78 is 2.15. The van der Waals surface area contributed by atoms with Crippen molar-refractivity contribution in [2.24, 2.45) is 5.92 Å². The van der Waals surface area contributed by atoms with E-state index in [0.29, 0.717) is 11.5 Å². The van der Waals surface area contributed by atoms with E-state index in [1.54, 1.807) is 0 Å². The zero-order valence-electron chi connectivity index (χ0n) is 13.9. The van der Waals surface area contributed by atoms with E-state index >= 15 is 0 Å². The molecule has 0 bridgehead atoms. The zero-order chi connectivity index (χ0) is 17.0. The van der Waals surface area contributed by atoms with Crippen molar-refractivity contribution >= 4 is 11.5 Å². The molecule has 0 amide bonds. The minimum Gasteiger partial charge on any atom is -0.478 e. The molecule has 0 saturated heterocycles. The van der Waals surface area contributed by atoms with Crippen LogP contribution in [0.25, 0.3) is 5.57 Å². The Morgan fingerprint density at radius 2 is 1.96 bits per heavy atom. The van der Waals surface area contributed by atoms with Gasteiger partial charge in [0.15, 0.2) is 0 Å². The van der Waals surface area contributed by atoms with Crippen molar-refractivity contribution in [1.29, 1.82) is 0 Å². The van der Waals surface area contributed by atoms with Crippen LogP contribution in [0, 0.1) is 19.8 Å². The number of fused-ring (bicyclic) bond motifs is 1. The Balaban J connectivity index is 1.93. The van der Waals surface area contributed by atoms with E-state index in [1.807, 2.05) is 44.2 Å². The smallest absolute Gasteiger partial charge is 0.337 e. The first-order chi connectivity index (χ1) is 11.5. The SMILES string of the molecule is Cc1c(C(=O)O)c(C)n(CC2CC2)c1C1=CC(O)c2ccccc21. The number of aromatic carboxylic acids is 1. The molecule has 4 heteroatoms. The fourth-order valence-electron chi connectivity index (χ4n) is 3.89. The highest BCUT2D eigenvalue weighted by atomic mass is 16.4. The lowest BCUT2D eigenvalue weighted by Gasteiger charge is -2.14. The Bertz CT molecular complexity index is 871. The van der Waals surface area contributed by atoms with Crippen LogP contribution in [-0.4, -0.2) is 20.7 Å². The number of hydrogen-bond donors (Lipinski definition) is 2. The van der Waals surface area contributed by atoms with E-state index in [1.165, 1.54) is 12.8 Å². The van der Waals surface area contributed by atoms with Crippen LogP contribution in [0.1, 0.15) is 57.4 Å². The van der Waals surface area contributed by atoms with E-state index in [4.69, 9.17) is 0 Å². The van der Waals surface area contributed by atoms with Crippen LogP contribution in [0.3, 0.4) is 0 Å². The van der Waals surface area contributed by atoms with Crippen LogP contribution in [0.4, 0.5) is 0 Å². The molecule has 1 saturated carbocycles. The second kappa shape index (κ2) is 5.35. The fourth-order valence-corrected chi connectivity index (χ4v) is 3.89. The number of nitrogens with zero attached hydrogens (tertiary/aromatic N) is 1. The third kappa shape index (κ3) is 2.21. The van der Waals surface area contributed by atoms with Gasteiger partial charge in [0.25, 0.3) is 0 Å². The summed E-state index contributed by atoms with van der Waals surface area (Å²) in [4.78, 5) is 11.8. The maximum Gasteiger partial charge on any atom is 0.337 e. The van der Waals surface area contributed by atoms with Crippen LogP contribution in [0.15, 0.2) is 30.3 Å². The molecule has 1 aromatic carbocycles. The lowest BCUT2D eigenvalue weighted by molar-refractivity contribution is 0.0695. The highest BCUT2D eigenvalue weighted by Crippen LogP contribution is 2.42. The molecule has 2 aromatic rings. The van der Waals surface area contributed by atoms with Crippen LogP contribution in [-0.2, 0) is 6.54 Å². The summed E-state index contributed by atoms with van der Waals surface area (Å²) in [6, 6.07) is 7.81. The number of carbonyl (C=O) groups is 1. The van der Waals surface area contributed by atoms with Crippen molar-refractivity contribution in [2.45, 2.75) is 39.3 Å². The van der Waals surface area contributed by atoms with Gasteiger partial charge in [-0.2, -0.15) is 0 Å². The third-order valence-corrected chi connectivity index (χ3v) is 5.27. The molecule has 1 atom stereocenters. The van der Waals surface area contributed by atoms with Gasteiger partial charge < -0.3 is 14.8 Å². The number of aliphatic hydroxyl groups excluding tert-OH is 1. The summed E-state index contributed by atoms with van der Waals surface area (Å²) in [5, 5.41) is 20.0. The molecule has 2 aliphatic carbocycles. The zero-order valence-corrected chi connectivity index (χ0v) is 13.9. The van der Waals surface area contributed by atoms with E-state index in [9.17, 15) is 15.0 Å². The molecule has 1 aromatic heterocycles. The van der Waals surface area contributed by atoms with Crippen LogP contribution >= 0.6 is 0 Å². The molecule has 1 unspecified atom stereocenters.